The number of benzene rings is 1. The summed E-state index contributed by atoms with van der Waals surface area (Å²) in [5.41, 5.74) is 1.14. The van der Waals surface area contributed by atoms with Crippen molar-refractivity contribution in [3.05, 3.63) is 44.1 Å². The van der Waals surface area contributed by atoms with E-state index in [2.05, 4.69) is 0 Å². The summed E-state index contributed by atoms with van der Waals surface area (Å²) in [6.45, 7) is 0. The first-order chi connectivity index (χ1) is 9.06. The molecule has 2 rings (SSSR count). The quantitative estimate of drug-likeness (QED) is 0.920. The second-order valence-corrected chi connectivity index (χ2v) is 6.08. The molecule has 3 nitrogen and oxygen atoms in total. The molecule has 0 bridgehead atoms. The molecule has 0 amide bonds. The van der Waals surface area contributed by atoms with Crippen LogP contribution in [0.25, 0.3) is 0 Å². The summed E-state index contributed by atoms with van der Waals surface area (Å²) in [6.07, 6.45) is -0.915. The third-order valence-corrected chi connectivity index (χ3v) is 4.23. The first-order valence-corrected chi connectivity index (χ1v) is 6.98. The molecule has 0 aliphatic carbocycles. The van der Waals surface area contributed by atoms with Gasteiger partial charge < -0.3 is 14.6 Å². The average Bonchev–Trinajstić information content (AvgIpc) is 2.76. The summed E-state index contributed by atoms with van der Waals surface area (Å²) in [5.74, 6) is 1.19. The molecule has 0 spiro atoms. The first kappa shape index (κ1) is 14.5. The number of methoxy groups -OCH3 is 2. The summed E-state index contributed by atoms with van der Waals surface area (Å²) in [7, 11) is 3.10. The van der Waals surface area contributed by atoms with Gasteiger partial charge in [0.05, 0.1) is 18.6 Å². The van der Waals surface area contributed by atoms with Gasteiger partial charge >= 0.3 is 0 Å². The highest BCUT2D eigenvalue weighted by molar-refractivity contribution is 7.20. The lowest BCUT2D eigenvalue weighted by Gasteiger charge is -2.15. The van der Waals surface area contributed by atoms with Gasteiger partial charge in [0, 0.05) is 11.1 Å². The van der Waals surface area contributed by atoms with Crippen LogP contribution >= 0.6 is 34.5 Å². The van der Waals surface area contributed by atoms with Crippen LogP contribution in [0, 0.1) is 0 Å². The normalized spacial score (nSPS) is 12.3. The minimum atomic E-state index is -0.915. The monoisotopic (exact) mass is 318 g/mol. The Hall–Kier alpha value is -0.940. The van der Waals surface area contributed by atoms with Gasteiger partial charge in [0.25, 0.3) is 0 Å². The van der Waals surface area contributed by atoms with Crippen LogP contribution < -0.4 is 9.47 Å². The Morgan fingerprint density at radius 2 is 1.84 bits per heavy atom. The highest BCUT2D eigenvalue weighted by Gasteiger charge is 2.21. The molecule has 1 N–H and O–H groups in total. The SMILES string of the molecule is COc1ccc(OC)c(C(O)c2cc(Cl)sc2Cl)c1. The minimum absolute atomic E-state index is 0.461. The molecule has 1 aromatic heterocycles. The van der Waals surface area contributed by atoms with Gasteiger partial charge in [0.15, 0.2) is 0 Å². The second-order valence-electron chi connectivity index (χ2n) is 3.79. The number of aliphatic hydroxyl groups is 1. The largest absolute Gasteiger partial charge is 0.497 e. The zero-order chi connectivity index (χ0) is 14.0. The molecular formula is C13H12Cl2O3S. The van der Waals surface area contributed by atoms with E-state index in [1.165, 1.54) is 11.3 Å². The number of hydrogen-bond acceptors (Lipinski definition) is 4. The Morgan fingerprint density at radius 1 is 1.11 bits per heavy atom. The van der Waals surface area contributed by atoms with Crippen molar-refractivity contribution in [1.82, 2.24) is 0 Å². The van der Waals surface area contributed by atoms with Crippen molar-refractivity contribution in [2.24, 2.45) is 0 Å². The van der Waals surface area contributed by atoms with Crippen molar-refractivity contribution in [1.29, 1.82) is 0 Å². The van der Waals surface area contributed by atoms with E-state index in [9.17, 15) is 5.11 Å². The zero-order valence-corrected chi connectivity index (χ0v) is 12.6. The van der Waals surface area contributed by atoms with Crippen LogP contribution in [0.3, 0.4) is 0 Å². The van der Waals surface area contributed by atoms with Crippen molar-refractivity contribution >= 4 is 34.5 Å². The van der Waals surface area contributed by atoms with E-state index in [-0.39, 0.29) is 0 Å². The van der Waals surface area contributed by atoms with Crippen molar-refractivity contribution in [3.63, 3.8) is 0 Å². The number of rotatable bonds is 4. The minimum Gasteiger partial charge on any atom is -0.497 e. The van der Waals surface area contributed by atoms with Crippen LogP contribution in [0.1, 0.15) is 17.2 Å². The topological polar surface area (TPSA) is 38.7 Å². The van der Waals surface area contributed by atoms with Gasteiger partial charge in [-0.3, -0.25) is 0 Å². The van der Waals surface area contributed by atoms with E-state index in [4.69, 9.17) is 32.7 Å². The fourth-order valence-corrected chi connectivity index (χ4v) is 3.28. The molecule has 0 aliphatic rings. The smallest absolute Gasteiger partial charge is 0.125 e. The molecule has 2 aromatic rings. The predicted octanol–water partition coefficient (Wildman–Crippen LogP) is 4.15. The highest BCUT2D eigenvalue weighted by atomic mass is 35.5. The lowest BCUT2D eigenvalue weighted by Crippen LogP contribution is -2.02. The van der Waals surface area contributed by atoms with E-state index >= 15 is 0 Å². The molecule has 19 heavy (non-hydrogen) atoms. The standard InChI is InChI=1S/C13H12Cl2O3S/c1-17-7-3-4-10(18-2)8(5-7)12(16)9-6-11(14)19-13(9)15/h3-6,12,16H,1-2H3. The van der Waals surface area contributed by atoms with Crippen LogP contribution in [-0.4, -0.2) is 19.3 Å². The predicted molar refractivity (Wildman–Crippen MR) is 77.9 cm³/mol. The molecule has 1 unspecified atom stereocenters. The second kappa shape index (κ2) is 6.01. The third-order valence-electron chi connectivity index (χ3n) is 2.71. The molecule has 1 aromatic carbocycles. The lowest BCUT2D eigenvalue weighted by atomic mass is 10.0. The van der Waals surface area contributed by atoms with Gasteiger partial charge in [0.1, 0.15) is 21.9 Å². The number of thiophene rings is 1. The van der Waals surface area contributed by atoms with Gasteiger partial charge in [0.2, 0.25) is 0 Å². The fraction of sp³-hybridized carbons (Fsp3) is 0.231. The maximum absolute atomic E-state index is 10.4. The van der Waals surface area contributed by atoms with Crippen molar-refractivity contribution in [3.8, 4) is 11.5 Å². The Morgan fingerprint density at radius 3 is 2.37 bits per heavy atom. The zero-order valence-electron chi connectivity index (χ0n) is 10.3. The molecule has 6 heteroatoms. The number of aliphatic hydroxyl groups excluding tert-OH is 1. The number of halogens is 2. The van der Waals surface area contributed by atoms with E-state index in [0.717, 1.165) is 0 Å². The van der Waals surface area contributed by atoms with Crippen molar-refractivity contribution in [2.45, 2.75) is 6.10 Å². The Labute approximate surface area is 125 Å². The van der Waals surface area contributed by atoms with Crippen LogP contribution in [0.4, 0.5) is 0 Å². The fourth-order valence-electron chi connectivity index (χ4n) is 1.76. The Balaban J connectivity index is 2.47. The molecule has 0 aliphatic heterocycles. The molecule has 0 saturated carbocycles. The molecule has 0 fully saturated rings. The summed E-state index contributed by atoms with van der Waals surface area (Å²) in [4.78, 5) is 0. The third kappa shape index (κ3) is 2.98. The first-order valence-electron chi connectivity index (χ1n) is 5.41. The van der Waals surface area contributed by atoms with Gasteiger partial charge in [-0.25, -0.2) is 0 Å². The molecule has 1 heterocycles. The van der Waals surface area contributed by atoms with Gasteiger partial charge in [-0.05, 0) is 24.3 Å². The van der Waals surface area contributed by atoms with Crippen molar-refractivity contribution in [2.75, 3.05) is 14.2 Å². The van der Waals surface area contributed by atoms with Crippen molar-refractivity contribution < 1.29 is 14.6 Å². The highest BCUT2D eigenvalue weighted by Crippen LogP contribution is 2.40. The van der Waals surface area contributed by atoms with Crippen LogP contribution in [0.5, 0.6) is 11.5 Å². The van der Waals surface area contributed by atoms with Crippen LogP contribution in [0.15, 0.2) is 24.3 Å². The van der Waals surface area contributed by atoms with E-state index in [0.29, 0.717) is 31.3 Å². The summed E-state index contributed by atoms with van der Waals surface area (Å²) in [5, 5.41) is 10.4. The van der Waals surface area contributed by atoms with Gasteiger partial charge in [-0.1, -0.05) is 23.2 Å². The number of hydrogen-bond donors (Lipinski definition) is 1. The maximum Gasteiger partial charge on any atom is 0.125 e. The Kier molecular flexibility index (Phi) is 4.58. The maximum atomic E-state index is 10.4. The Bertz CT molecular complexity index is 583. The van der Waals surface area contributed by atoms with Gasteiger partial charge in [-0.2, -0.15) is 0 Å². The molecular weight excluding hydrogens is 307 g/mol. The van der Waals surface area contributed by atoms with E-state index in [1.54, 1.807) is 38.5 Å². The van der Waals surface area contributed by atoms with E-state index < -0.39 is 6.10 Å². The molecule has 1 atom stereocenters. The van der Waals surface area contributed by atoms with Crippen LogP contribution in [0.2, 0.25) is 8.67 Å². The van der Waals surface area contributed by atoms with Crippen LogP contribution in [-0.2, 0) is 0 Å². The summed E-state index contributed by atoms with van der Waals surface area (Å²) >= 11 is 13.2. The molecule has 102 valence electrons. The van der Waals surface area contributed by atoms with Gasteiger partial charge in [-0.15, -0.1) is 11.3 Å². The summed E-state index contributed by atoms with van der Waals surface area (Å²) < 4.78 is 11.4. The molecule has 0 saturated heterocycles. The summed E-state index contributed by atoms with van der Waals surface area (Å²) in [6, 6.07) is 6.86. The van der Waals surface area contributed by atoms with E-state index in [1.807, 2.05) is 0 Å². The average molecular weight is 319 g/mol. The lowest BCUT2D eigenvalue weighted by molar-refractivity contribution is 0.214. The number of ether oxygens (including phenoxy) is 2. The molecule has 0 radical (unpaired) electrons.